The highest BCUT2D eigenvalue weighted by Gasteiger charge is 2.16. The van der Waals surface area contributed by atoms with E-state index in [0.29, 0.717) is 0 Å². The number of alkyl halides is 1. The lowest BCUT2D eigenvalue weighted by molar-refractivity contribution is 0.0503. The third kappa shape index (κ3) is 7.52. The zero-order valence-electron chi connectivity index (χ0n) is 8.13. The minimum Gasteiger partial charge on any atom is -0.444 e. The second-order valence-corrected chi connectivity index (χ2v) is 3.66. The molecule has 0 aromatic carbocycles. The smallest absolute Gasteiger partial charge is 0.407 e. The quantitative estimate of drug-likeness (QED) is 0.698. The van der Waals surface area contributed by atoms with Gasteiger partial charge < -0.3 is 15.2 Å². The highest BCUT2D eigenvalue weighted by Crippen LogP contribution is 2.06. The van der Waals surface area contributed by atoms with E-state index in [9.17, 15) is 9.18 Å². The average Bonchev–Trinajstić information content (AvgIpc) is 1.97. The highest BCUT2D eigenvalue weighted by molar-refractivity contribution is 5.67. The number of halogens is 1. The molecule has 0 heterocycles. The first kappa shape index (κ1) is 12.2. The Hall–Kier alpha value is -0.840. The summed E-state index contributed by atoms with van der Waals surface area (Å²) < 4.78 is 17.2. The summed E-state index contributed by atoms with van der Waals surface area (Å²) in [5.74, 6) is 0. The molecule has 2 N–H and O–H groups in total. The van der Waals surface area contributed by atoms with Gasteiger partial charge in [0.1, 0.15) is 11.8 Å². The van der Waals surface area contributed by atoms with Gasteiger partial charge in [0.2, 0.25) is 0 Å². The monoisotopic (exact) mass is 193 g/mol. The van der Waals surface area contributed by atoms with E-state index in [1.54, 1.807) is 20.8 Å². The minimum absolute atomic E-state index is 0.231. The molecule has 0 saturated heterocycles. The molecular formula is C8H16FNO3. The number of carbonyl (C=O) groups is 1. The number of amides is 1. The van der Waals surface area contributed by atoms with Crippen molar-refractivity contribution in [3.8, 4) is 0 Å². The molecule has 0 rings (SSSR count). The first-order valence-corrected chi connectivity index (χ1v) is 4.07. The Morgan fingerprint density at radius 2 is 2.15 bits per heavy atom. The van der Waals surface area contributed by atoms with Crippen LogP contribution < -0.4 is 5.32 Å². The van der Waals surface area contributed by atoms with Crippen molar-refractivity contribution in [2.24, 2.45) is 0 Å². The van der Waals surface area contributed by atoms with Crippen molar-refractivity contribution in [3.63, 3.8) is 0 Å². The molecule has 13 heavy (non-hydrogen) atoms. The first-order valence-electron chi connectivity index (χ1n) is 4.07. The molecule has 0 aliphatic carbocycles. The Morgan fingerprint density at radius 3 is 2.54 bits per heavy atom. The topological polar surface area (TPSA) is 58.6 Å². The van der Waals surface area contributed by atoms with E-state index in [2.05, 4.69) is 5.32 Å². The van der Waals surface area contributed by atoms with Crippen molar-refractivity contribution in [1.29, 1.82) is 0 Å². The summed E-state index contributed by atoms with van der Waals surface area (Å²) in [5, 5.41) is 10.5. The Morgan fingerprint density at radius 1 is 1.62 bits per heavy atom. The molecule has 0 unspecified atom stereocenters. The largest absolute Gasteiger partial charge is 0.444 e. The van der Waals surface area contributed by atoms with Gasteiger partial charge in [-0.05, 0) is 20.8 Å². The van der Waals surface area contributed by atoms with Gasteiger partial charge in [0, 0.05) is 0 Å². The minimum atomic E-state index is -1.44. The number of rotatable bonds is 3. The molecule has 4 nitrogen and oxygen atoms in total. The number of carbonyl (C=O) groups excluding carboxylic acids is 1. The fourth-order valence-corrected chi connectivity index (χ4v) is 0.573. The SMILES string of the molecule is CC(C)(C)OC(=O)NC[C@@H](F)CO. The number of alkyl carbamates (subject to hydrolysis) is 1. The maximum Gasteiger partial charge on any atom is 0.407 e. The number of aliphatic hydroxyl groups is 1. The maximum absolute atomic E-state index is 12.4. The third-order valence-corrected chi connectivity index (χ3v) is 1.06. The molecule has 1 amide bonds. The molecule has 0 aliphatic rings. The molecule has 1 atom stereocenters. The van der Waals surface area contributed by atoms with Crippen LogP contribution in [0, 0.1) is 0 Å². The van der Waals surface area contributed by atoms with Crippen LogP contribution in [-0.2, 0) is 4.74 Å². The molecule has 0 bridgehead atoms. The van der Waals surface area contributed by atoms with E-state index < -0.39 is 24.5 Å². The summed E-state index contributed by atoms with van der Waals surface area (Å²) in [5.41, 5.74) is -0.588. The van der Waals surface area contributed by atoms with Crippen LogP contribution in [0.5, 0.6) is 0 Å². The number of hydrogen-bond acceptors (Lipinski definition) is 3. The summed E-state index contributed by atoms with van der Waals surface area (Å²) in [4.78, 5) is 10.9. The lowest BCUT2D eigenvalue weighted by atomic mass is 10.2. The molecule has 0 fully saturated rings. The van der Waals surface area contributed by atoms with E-state index in [-0.39, 0.29) is 6.54 Å². The van der Waals surface area contributed by atoms with Crippen LogP contribution in [-0.4, -0.2) is 36.1 Å². The number of nitrogens with one attached hydrogen (secondary N) is 1. The second kappa shape index (κ2) is 5.01. The Balaban J connectivity index is 3.64. The van der Waals surface area contributed by atoms with E-state index in [1.807, 2.05) is 0 Å². The van der Waals surface area contributed by atoms with Gasteiger partial charge in [0.25, 0.3) is 0 Å². The van der Waals surface area contributed by atoms with Crippen LogP contribution in [0.1, 0.15) is 20.8 Å². The van der Waals surface area contributed by atoms with Gasteiger partial charge in [-0.15, -0.1) is 0 Å². The van der Waals surface area contributed by atoms with Gasteiger partial charge in [-0.1, -0.05) is 0 Å². The van der Waals surface area contributed by atoms with Gasteiger partial charge in [-0.3, -0.25) is 0 Å². The molecule has 0 aromatic rings. The van der Waals surface area contributed by atoms with Crippen molar-refractivity contribution in [3.05, 3.63) is 0 Å². The zero-order chi connectivity index (χ0) is 10.5. The second-order valence-electron chi connectivity index (χ2n) is 3.66. The van der Waals surface area contributed by atoms with Gasteiger partial charge in [0.15, 0.2) is 0 Å². The molecule has 0 aliphatic heterocycles. The summed E-state index contributed by atoms with van der Waals surface area (Å²) in [6.07, 6.45) is -2.11. The first-order chi connectivity index (χ1) is 5.85. The van der Waals surface area contributed by atoms with Crippen molar-refractivity contribution in [1.82, 2.24) is 5.32 Å². The van der Waals surface area contributed by atoms with Crippen LogP contribution in [0.2, 0.25) is 0 Å². The molecule has 0 radical (unpaired) electrons. The molecule has 5 heteroatoms. The Bertz CT molecular complexity index is 167. The molecule has 78 valence electrons. The predicted octanol–water partition coefficient (Wildman–Crippen LogP) is 0.841. The summed E-state index contributed by atoms with van der Waals surface area (Å²) in [6, 6.07) is 0. The van der Waals surface area contributed by atoms with Crippen LogP contribution in [0.3, 0.4) is 0 Å². The van der Waals surface area contributed by atoms with Crippen LogP contribution in [0.25, 0.3) is 0 Å². The third-order valence-electron chi connectivity index (χ3n) is 1.06. The zero-order valence-corrected chi connectivity index (χ0v) is 8.13. The average molecular weight is 193 g/mol. The lowest BCUT2D eigenvalue weighted by Crippen LogP contribution is -2.36. The fraction of sp³-hybridized carbons (Fsp3) is 0.875. The van der Waals surface area contributed by atoms with E-state index >= 15 is 0 Å². The Labute approximate surface area is 77.1 Å². The fourth-order valence-electron chi connectivity index (χ4n) is 0.573. The number of hydrogen-bond donors (Lipinski definition) is 2. The molecule has 0 aromatic heterocycles. The van der Waals surface area contributed by atoms with Gasteiger partial charge in [-0.25, -0.2) is 9.18 Å². The van der Waals surface area contributed by atoms with Crippen molar-refractivity contribution < 1.29 is 19.0 Å². The standard InChI is InChI=1S/C8H16FNO3/c1-8(2,3)13-7(12)10-4-6(9)5-11/h6,11H,4-5H2,1-3H3,(H,10,12)/t6-/m1/s1. The van der Waals surface area contributed by atoms with E-state index in [0.717, 1.165) is 0 Å². The molecule has 0 spiro atoms. The lowest BCUT2D eigenvalue weighted by Gasteiger charge is -2.19. The maximum atomic E-state index is 12.4. The number of aliphatic hydroxyl groups excluding tert-OH is 1. The van der Waals surface area contributed by atoms with Crippen LogP contribution >= 0.6 is 0 Å². The van der Waals surface area contributed by atoms with E-state index in [4.69, 9.17) is 9.84 Å². The van der Waals surface area contributed by atoms with Gasteiger partial charge >= 0.3 is 6.09 Å². The summed E-state index contributed by atoms with van der Waals surface area (Å²) >= 11 is 0. The Kier molecular flexibility index (Phi) is 4.69. The van der Waals surface area contributed by atoms with Crippen molar-refractivity contribution in [2.45, 2.75) is 32.5 Å². The van der Waals surface area contributed by atoms with E-state index in [1.165, 1.54) is 0 Å². The molecular weight excluding hydrogens is 177 g/mol. The van der Waals surface area contributed by atoms with Crippen molar-refractivity contribution >= 4 is 6.09 Å². The predicted molar refractivity (Wildman–Crippen MR) is 46.2 cm³/mol. The van der Waals surface area contributed by atoms with Crippen LogP contribution in [0.15, 0.2) is 0 Å². The molecule has 0 saturated carbocycles. The summed E-state index contributed by atoms with van der Waals surface area (Å²) in [7, 11) is 0. The highest BCUT2D eigenvalue weighted by atomic mass is 19.1. The normalized spacial score (nSPS) is 13.6. The number of ether oxygens (including phenoxy) is 1. The van der Waals surface area contributed by atoms with Crippen LogP contribution in [0.4, 0.5) is 9.18 Å². The van der Waals surface area contributed by atoms with Gasteiger partial charge in [-0.2, -0.15) is 0 Å². The summed E-state index contributed by atoms with van der Waals surface area (Å²) in [6.45, 7) is 4.31. The van der Waals surface area contributed by atoms with Gasteiger partial charge in [0.05, 0.1) is 13.2 Å². The van der Waals surface area contributed by atoms with Crippen molar-refractivity contribution in [2.75, 3.05) is 13.2 Å².